The Morgan fingerprint density at radius 1 is 1.04 bits per heavy atom. The summed E-state index contributed by atoms with van der Waals surface area (Å²) in [5.41, 5.74) is 1.13. The lowest BCUT2D eigenvalue weighted by molar-refractivity contribution is -0.123. The van der Waals surface area contributed by atoms with Crippen LogP contribution in [0.25, 0.3) is 6.08 Å². The maximum atomic E-state index is 12.0. The maximum Gasteiger partial charge on any atom is 0.263 e. The van der Waals surface area contributed by atoms with Gasteiger partial charge in [-0.2, -0.15) is 0 Å². The van der Waals surface area contributed by atoms with Crippen LogP contribution in [0.2, 0.25) is 10.0 Å². The quantitative estimate of drug-likeness (QED) is 0.426. The largest absolute Gasteiger partial charge is 0.493 e. The maximum absolute atomic E-state index is 12.0. The summed E-state index contributed by atoms with van der Waals surface area (Å²) in [5.74, 6) is -0.270. The number of benzene rings is 2. The average molecular weight is 437 g/mol. The molecular weight excluding hydrogens is 423 g/mol. The van der Waals surface area contributed by atoms with Crippen LogP contribution in [0.15, 0.2) is 42.0 Å². The van der Waals surface area contributed by atoms with Gasteiger partial charge in [0.1, 0.15) is 12.2 Å². The molecule has 1 fully saturated rings. The fourth-order valence-electron chi connectivity index (χ4n) is 2.49. The smallest absolute Gasteiger partial charge is 0.263 e. The average Bonchev–Trinajstić information content (AvgIpc) is 2.64. The molecule has 0 saturated carbocycles. The monoisotopic (exact) mass is 436 g/mol. The number of hydrogen-bond donors (Lipinski definition) is 2. The third-order valence-corrected chi connectivity index (χ3v) is 4.79. The predicted octanol–water partition coefficient (Wildman–Crippen LogP) is 3.50. The molecule has 0 radical (unpaired) electrons. The van der Waals surface area contributed by atoms with E-state index in [9.17, 15) is 9.59 Å². The third-order valence-electron chi connectivity index (χ3n) is 3.88. The van der Waals surface area contributed by atoms with E-state index < -0.39 is 11.8 Å². The molecule has 28 heavy (non-hydrogen) atoms. The Balaban J connectivity index is 1.88. The zero-order valence-electron chi connectivity index (χ0n) is 14.5. The topological polar surface area (TPSA) is 76.7 Å². The molecule has 1 heterocycles. The Morgan fingerprint density at radius 3 is 2.29 bits per heavy atom. The number of carbonyl (C=O) groups is 2. The third kappa shape index (κ3) is 4.44. The summed E-state index contributed by atoms with van der Waals surface area (Å²) in [6, 6.07) is 10.2. The molecule has 0 aliphatic carbocycles. The first-order valence-corrected chi connectivity index (χ1v) is 9.17. The van der Waals surface area contributed by atoms with Crippen molar-refractivity contribution < 1.29 is 19.1 Å². The summed E-state index contributed by atoms with van der Waals surface area (Å²) in [5, 5.41) is 5.71. The predicted molar refractivity (Wildman–Crippen MR) is 111 cm³/mol. The van der Waals surface area contributed by atoms with Crippen molar-refractivity contribution in [2.24, 2.45) is 0 Å². The molecule has 0 aromatic heterocycles. The van der Waals surface area contributed by atoms with Crippen LogP contribution in [-0.2, 0) is 16.2 Å². The van der Waals surface area contributed by atoms with Gasteiger partial charge in [0.05, 0.1) is 7.11 Å². The molecule has 0 spiro atoms. The second-order valence-electron chi connectivity index (χ2n) is 5.69. The Hall–Kier alpha value is -2.61. The van der Waals surface area contributed by atoms with Gasteiger partial charge in [0.15, 0.2) is 16.6 Å². The van der Waals surface area contributed by atoms with Crippen molar-refractivity contribution in [3.63, 3.8) is 0 Å². The van der Waals surface area contributed by atoms with Crippen molar-refractivity contribution in [1.29, 1.82) is 0 Å². The summed E-state index contributed by atoms with van der Waals surface area (Å²) in [7, 11) is 1.51. The van der Waals surface area contributed by atoms with Gasteiger partial charge in [-0.1, -0.05) is 35.3 Å². The minimum Gasteiger partial charge on any atom is -0.493 e. The van der Waals surface area contributed by atoms with Gasteiger partial charge in [0, 0.05) is 15.6 Å². The lowest BCUT2D eigenvalue weighted by Gasteiger charge is -2.17. The molecule has 1 saturated heterocycles. The van der Waals surface area contributed by atoms with E-state index in [1.54, 1.807) is 36.4 Å². The van der Waals surface area contributed by atoms with Gasteiger partial charge in [-0.05, 0) is 48.1 Å². The fourth-order valence-corrected chi connectivity index (χ4v) is 3.18. The summed E-state index contributed by atoms with van der Waals surface area (Å²) in [4.78, 5) is 24.0. The van der Waals surface area contributed by atoms with Gasteiger partial charge < -0.3 is 9.47 Å². The van der Waals surface area contributed by atoms with E-state index in [0.717, 1.165) is 0 Å². The first kappa shape index (κ1) is 20.1. The number of amides is 2. The number of thiocarbonyl (C=S) groups is 1. The van der Waals surface area contributed by atoms with Crippen molar-refractivity contribution in [2.75, 3.05) is 7.11 Å². The number of halogens is 2. The molecule has 144 valence electrons. The van der Waals surface area contributed by atoms with Gasteiger partial charge in [0.2, 0.25) is 0 Å². The van der Waals surface area contributed by atoms with E-state index in [1.807, 2.05) is 0 Å². The number of ether oxygens (including phenoxy) is 2. The van der Waals surface area contributed by atoms with Crippen LogP contribution >= 0.6 is 35.4 Å². The molecule has 2 amide bonds. The zero-order chi connectivity index (χ0) is 20.3. The standard InChI is InChI=1S/C19H14Cl2N2O4S/c1-26-15-6-5-10(7-11-17(24)22-19(28)23-18(11)25)8-16(15)27-9-12-13(20)3-2-4-14(12)21/h2-8H,9H2,1H3,(H2,22,23,24,25,28). The number of methoxy groups -OCH3 is 1. The second kappa shape index (κ2) is 8.60. The van der Waals surface area contributed by atoms with Crippen LogP contribution in [0.4, 0.5) is 0 Å². The van der Waals surface area contributed by atoms with E-state index in [-0.39, 0.29) is 17.3 Å². The Morgan fingerprint density at radius 2 is 1.68 bits per heavy atom. The molecule has 9 heteroatoms. The molecule has 0 unspecified atom stereocenters. The van der Waals surface area contributed by atoms with E-state index in [2.05, 4.69) is 10.6 Å². The molecule has 0 atom stereocenters. The van der Waals surface area contributed by atoms with Gasteiger partial charge in [0.25, 0.3) is 11.8 Å². The first-order chi connectivity index (χ1) is 13.4. The summed E-state index contributed by atoms with van der Waals surface area (Å²) >= 11 is 17.1. The van der Waals surface area contributed by atoms with Crippen LogP contribution in [0, 0.1) is 0 Å². The number of carbonyl (C=O) groups excluding carboxylic acids is 2. The molecular formula is C19H14Cl2N2O4S. The SMILES string of the molecule is COc1ccc(C=C2C(=O)NC(=S)NC2=O)cc1OCc1c(Cl)cccc1Cl. The minimum absolute atomic E-state index is 0.0254. The van der Waals surface area contributed by atoms with Gasteiger partial charge in [-0.15, -0.1) is 0 Å². The fraction of sp³-hybridized carbons (Fsp3) is 0.105. The number of rotatable bonds is 5. The summed E-state index contributed by atoms with van der Waals surface area (Å²) in [6.45, 7) is 0.115. The first-order valence-electron chi connectivity index (χ1n) is 8.01. The molecule has 1 aliphatic rings. The van der Waals surface area contributed by atoms with E-state index in [1.165, 1.54) is 13.2 Å². The summed E-state index contributed by atoms with van der Waals surface area (Å²) in [6.07, 6.45) is 1.43. The van der Waals surface area contributed by atoms with E-state index in [4.69, 9.17) is 44.9 Å². The van der Waals surface area contributed by atoms with Crippen LogP contribution in [0.5, 0.6) is 11.5 Å². The Kier molecular flexibility index (Phi) is 6.18. The Labute approximate surface area is 176 Å². The van der Waals surface area contributed by atoms with Crippen LogP contribution in [0.1, 0.15) is 11.1 Å². The lowest BCUT2D eigenvalue weighted by Crippen LogP contribution is -2.51. The van der Waals surface area contributed by atoms with Crippen molar-refractivity contribution in [3.8, 4) is 11.5 Å². The van der Waals surface area contributed by atoms with E-state index >= 15 is 0 Å². The molecule has 0 bridgehead atoms. The normalized spacial score (nSPS) is 13.7. The van der Waals surface area contributed by atoms with Crippen molar-refractivity contribution in [3.05, 3.63) is 63.1 Å². The van der Waals surface area contributed by atoms with Crippen molar-refractivity contribution >= 4 is 58.4 Å². The summed E-state index contributed by atoms with van der Waals surface area (Å²) < 4.78 is 11.1. The van der Waals surface area contributed by atoms with Gasteiger partial charge in [-0.25, -0.2) is 0 Å². The lowest BCUT2D eigenvalue weighted by atomic mass is 10.1. The van der Waals surface area contributed by atoms with Crippen LogP contribution in [-0.4, -0.2) is 24.0 Å². The minimum atomic E-state index is -0.574. The zero-order valence-corrected chi connectivity index (χ0v) is 16.9. The van der Waals surface area contributed by atoms with Gasteiger partial charge >= 0.3 is 0 Å². The highest BCUT2D eigenvalue weighted by Gasteiger charge is 2.25. The van der Waals surface area contributed by atoms with Crippen molar-refractivity contribution in [2.45, 2.75) is 6.61 Å². The molecule has 3 rings (SSSR count). The number of nitrogens with one attached hydrogen (secondary N) is 2. The van der Waals surface area contributed by atoms with Crippen LogP contribution in [0.3, 0.4) is 0 Å². The van der Waals surface area contributed by atoms with Crippen molar-refractivity contribution in [1.82, 2.24) is 10.6 Å². The second-order valence-corrected chi connectivity index (χ2v) is 6.92. The highest BCUT2D eigenvalue weighted by Crippen LogP contribution is 2.32. The van der Waals surface area contributed by atoms with Gasteiger partial charge in [-0.3, -0.25) is 20.2 Å². The molecule has 2 aromatic carbocycles. The van der Waals surface area contributed by atoms with Crippen LogP contribution < -0.4 is 20.1 Å². The molecule has 1 aliphatic heterocycles. The Bertz CT molecular complexity index is 965. The number of hydrogen-bond acceptors (Lipinski definition) is 5. The molecule has 6 nitrogen and oxygen atoms in total. The molecule has 2 N–H and O–H groups in total. The van der Waals surface area contributed by atoms with E-state index in [0.29, 0.717) is 32.7 Å². The highest BCUT2D eigenvalue weighted by atomic mass is 35.5. The highest BCUT2D eigenvalue weighted by molar-refractivity contribution is 7.80. The molecule has 2 aromatic rings.